The Kier molecular flexibility index (Phi) is 5.73. The van der Waals surface area contributed by atoms with Crippen LogP contribution in [0.4, 0.5) is 11.4 Å². The molecule has 3 rings (SSSR count). The minimum atomic E-state index is -0.119. The molecule has 0 aliphatic carbocycles. The van der Waals surface area contributed by atoms with Gasteiger partial charge in [0.05, 0.1) is 6.54 Å². The maximum atomic E-state index is 12.3. The first-order valence-electron chi connectivity index (χ1n) is 8.79. The second-order valence-electron chi connectivity index (χ2n) is 6.53. The fourth-order valence-electron chi connectivity index (χ4n) is 3.16. The molecule has 0 saturated carbocycles. The van der Waals surface area contributed by atoms with Gasteiger partial charge in [0, 0.05) is 17.9 Å². The molecular formula is C20H24N4OS. The molecule has 3 N–H and O–H groups in total. The van der Waals surface area contributed by atoms with Crippen LogP contribution >= 0.6 is 12.2 Å². The van der Waals surface area contributed by atoms with Crippen molar-refractivity contribution in [2.75, 3.05) is 23.3 Å². The van der Waals surface area contributed by atoms with Crippen LogP contribution < -0.4 is 21.1 Å². The first kappa shape index (κ1) is 18.2. The van der Waals surface area contributed by atoms with Gasteiger partial charge in [-0.1, -0.05) is 30.3 Å². The summed E-state index contributed by atoms with van der Waals surface area (Å²) < 4.78 is 0. The smallest absolute Gasteiger partial charge is 0.257 e. The number of amides is 1. The Morgan fingerprint density at radius 3 is 2.77 bits per heavy atom. The van der Waals surface area contributed by atoms with Crippen LogP contribution in [0.5, 0.6) is 0 Å². The number of hydrogen-bond acceptors (Lipinski definition) is 3. The summed E-state index contributed by atoms with van der Waals surface area (Å²) in [6.07, 6.45) is 2.13. The molecule has 26 heavy (non-hydrogen) atoms. The van der Waals surface area contributed by atoms with Crippen molar-refractivity contribution in [3.05, 3.63) is 59.2 Å². The standard InChI is InChI=1S/C20H24N4OS/c1-14-7-5-10-17(15(14)2)21-20(26)23-22-19(25)13-24-12-6-9-16-8-3-4-11-18(16)24/h3-5,7-8,10-11H,6,9,12-13H2,1-2H3,(H,22,25)(H2,21,23,26). The Bertz CT molecular complexity index is 821. The zero-order valence-corrected chi connectivity index (χ0v) is 16.0. The molecule has 0 spiro atoms. The molecular weight excluding hydrogens is 344 g/mol. The lowest BCUT2D eigenvalue weighted by Crippen LogP contribution is -2.48. The highest BCUT2D eigenvalue weighted by Gasteiger charge is 2.18. The van der Waals surface area contributed by atoms with Crippen LogP contribution in [0.25, 0.3) is 0 Å². The molecule has 0 radical (unpaired) electrons. The average molecular weight is 369 g/mol. The predicted octanol–water partition coefficient (Wildman–Crippen LogP) is 3.07. The van der Waals surface area contributed by atoms with Crippen LogP contribution in [0.15, 0.2) is 42.5 Å². The molecule has 5 nitrogen and oxygen atoms in total. The van der Waals surface area contributed by atoms with E-state index in [0.717, 1.165) is 36.3 Å². The highest BCUT2D eigenvalue weighted by molar-refractivity contribution is 7.80. The van der Waals surface area contributed by atoms with Crippen LogP contribution in [-0.4, -0.2) is 24.1 Å². The summed E-state index contributed by atoms with van der Waals surface area (Å²) in [5.41, 5.74) is 11.2. The number of para-hydroxylation sites is 1. The van der Waals surface area contributed by atoms with E-state index >= 15 is 0 Å². The number of aryl methyl sites for hydroxylation is 2. The maximum Gasteiger partial charge on any atom is 0.257 e. The molecule has 2 aromatic rings. The molecule has 0 atom stereocenters. The average Bonchev–Trinajstić information content (AvgIpc) is 2.64. The maximum absolute atomic E-state index is 12.3. The minimum absolute atomic E-state index is 0.119. The van der Waals surface area contributed by atoms with Gasteiger partial charge in [0.2, 0.25) is 0 Å². The normalized spacial score (nSPS) is 12.9. The Balaban J connectivity index is 1.52. The third-order valence-corrected chi connectivity index (χ3v) is 4.91. The summed E-state index contributed by atoms with van der Waals surface area (Å²) in [5.74, 6) is -0.119. The van der Waals surface area contributed by atoms with E-state index in [1.54, 1.807) is 0 Å². The van der Waals surface area contributed by atoms with Gasteiger partial charge < -0.3 is 10.2 Å². The van der Waals surface area contributed by atoms with Gasteiger partial charge >= 0.3 is 0 Å². The fourth-order valence-corrected chi connectivity index (χ4v) is 3.32. The summed E-state index contributed by atoms with van der Waals surface area (Å²) in [5, 5.41) is 3.48. The van der Waals surface area contributed by atoms with Crippen LogP contribution in [-0.2, 0) is 11.2 Å². The number of nitrogens with zero attached hydrogens (tertiary/aromatic N) is 1. The van der Waals surface area contributed by atoms with E-state index in [1.165, 1.54) is 11.1 Å². The fraction of sp³-hybridized carbons (Fsp3) is 0.300. The molecule has 1 aliphatic rings. The van der Waals surface area contributed by atoms with E-state index in [9.17, 15) is 4.79 Å². The topological polar surface area (TPSA) is 56.4 Å². The van der Waals surface area contributed by atoms with Crippen molar-refractivity contribution in [2.45, 2.75) is 26.7 Å². The predicted molar refractivity (Wildman–Crippen MR) is 110 cm³/mol. The number of thiocarbonyl (C=S) groups is 1. The Morgan fingerprint density at radius 2 is 1.92 bits per heavy atom. The summed E-state index contributed by atoms with van der Waals surface area (Å²) in [4.78, 5) is 14.4. The van der Waals surface area contributed by atoms with Gasteiger partial charge in [-0.2, -0.15) is 0 Å². The zero-order valence-electron chi connectivity index (χ0n) is 15.1. The van der Waals surface area contributed by atoms with E-state index in [2.05, 4.69) is 46.2 Å². The summed E-state index contributed by atoms with van der Waals surface area (Å²) in [6.45, 7) is 5.27. The molecule has 0 aromatic heterocycles. The number of fused-ring (bicyclic) bond motifs is 1. The van der Waals surface area contributed by atoms with Crippen molar-refractivity contribution in [1.29, 1.82) is 0 Å². The first-order valence-corrected chi connectivity index (χ1v) is 9.20. The highest BCUT2D eigenvalue weighted by atomic mass is 32.1. The van der Waals surface area contributed by atoms with Gasteiger partial charge in [0.15, 0.2) is 5.11 Å². The largest absolute Gasteiger partial charge is 0.362 e. The van der Waals surface area contributed by atoms with Gasteiger partial charge in [-0.15, -0.1) is 0 Å². The second-order valence-corrected chi connectivity index (χ2v) is 6.94. The molecule has 6 heteroatoms. The van der Waals surface area contributed by atoms with E-state index in [-0.39, 0.29) is 5.91 Å². The first-order chi connectivity index (χ1) is 12.5. The van der Waals surface area contributed by atoms with Gasteiger partial charge in [-0.05, 0) is 67.7 Å². The molecule has 136 valence electrons. The lowest BCUT2D eigenvalue weighted by Gasteiger charge is -2.30. The molecule has 1 aliphatic heterocycles. The molecule has 1 heterocycles. The third kappa shape index (κ3) is 4.32. The summed E-state index contributed by atoms with van der Waals surface area (Å²) in [6, 6.07) is 14.2. The quantitative estimate of drug-likeness (QED) is 0.574. The molecule has 0 unspecified atom stereocenters. The molecule has 2 aromatic carbocycles. The monoisotopic (exact) mass is 368 g/mol. The van der Waals surface area contributed by atoms with Crippen LogP contribution in [0.2, 0.25) is 0 Å². The van der Waals surface area contributed by atoms with Gasteiger partial charge in [-0.25, -0.2) is 0 Å². The Hall–Kier alpha value is -2.60. The summed E-state index contributed by atoms with van der Waals surface area (Å²) in [7, 11) is 0. The highest BCUT2D eigenvalue weighted by Crippen LogP contribution is 2.26. The number of hydrazine groups is 1. The number of carbonyl (C=O) groups is 1. The van der Waals surface area contributed by atoms with Gasteiger partial charge in [0.25, 0.3) is 5.91 Å². The van der Waals surface area contributed by atoms with E-state index < -0.39 is 0 Å². The van der Waals surface area contributed by atoms with Gasteiger partial charge in [0.1, 0.15) is 0 Å². The minimum Gasteiger partial charge on any atom is -0.362 e. The van der Waals surface area contributed by atoms with Crippen LogP contribution in [0, 0.1) is 13.8 Å². The Labute approximate surface area is 159 Å². The number of rotatable bonds is 3. The molecule has 1 amide bonds. The van der Waals surface area contributed by atoms with Crippen molar-refractivity contribution in [1.82, 2.24) is 10.9 Å². The van der Waals surface area contributed by atoms with Crippen LogP contribution in [0.1, 0.15) is 23.1 Å². The number of nitrogens with one attached hydrogen (secondary N) is 3. The molecule has 0 saturated heterocycles. The zero-order chi connectivity index (χ0) is 18.5. The lowest BCUT2D eigenvalue weighted by molar-refractivity contribution is -0.120. The third-order valence-electron chi connectivity index (χ3n) is 4.71. The van der Waals surface area contributed by atoms with E-state index in [1.807, 2.05) is 31.2 Å². The van der Waals surface area contributed by atoms with Crippen molar-refractivity contribution >= 4 is 34.6 Å². The summed E-state index contributed by atoms with van der Waals surface area (Å²) >= 11 is 5.27. The number of carbonyl (C=O) groups excluding carboxylic acids is 1. The second kappa shape index (κ2) is 8.19. The van der Waals surface area contributed by atoms with E-state index in [4.69, 9.17) is 12.2 Å². The van der Waals surface area contributed by atoms with E-state index in [0.29, 0.717) is 11.7 Å². The molecule has 0 bridgehead atoms. The van der Waals surface area contributed by atoms with Crippen molar-refractivity contribution in [2.24, 2.45) is 0 Å². The number of anilines is 2. The van der Waals surface area contributed by atoms with Crippen molar-refractivity contribution < 1.29 is 4.79 Å². The SMILES string of the molecule is Cc1cccc(NC(=S)NNC(=O)CN2CCCc3ccccc32)c1C. The molecule has 0 fully saturated rings. The van der Waals surface area contributed by atoms with Crippen LogP contribution in [0.3, 0.4) is 0 Å². The lowest BCUT2D eigenvalue weighted by atomic mass is 10.0. The number of benzene rings is 2. The van der Waals surface area contributed by atoms with Crippen molar-refractivity contribution in [3.8, 4) is 0 Å². The number of hydrogen-bond donors (Lipinski definition) is 3. The van der Waals surface area contributed by atoms with Crippen molar-refractivity contribution in [3.63, 3.8) is 0 Å². The Morgan fingerprint density at radius 1 is 1.12 bits per heavy atom. The van der Waals surface area contributed by atoms with Gasteiger partial charge in [-0.3, -0.25) is 15.6 Å².